The van der Waals surface area contributed by atoms with Crippen molar-refractivity contribution in [2.24, 2.45) is 0 Å². The average Bonchev–Trinajstić information content (AvgIpc) is 2.60. The van der Waals surface area contributed by atoms with Crippen LogP contribution in [0.15, 0.2) is 88.7 Å². The molecule has 0 radical (unpaired) electrons. The first-order valence-corrected chi connectivity index (χ1v) is 8.59. The lowest BCUT2D eigenvalue weighted by Crippen LogP contribution is -2.19. The Hall–Kier alpha value is -2.37. The molecule has 120 valence electrons. The van der Waals surface area contributed by atoms with Crippen LogP contribution in [0.5, 0.6) is 0 Å². The predicted octanol–water partition coefficient (Wildman–Crippen LogP) is 5.79. The molecule has 2 nitrogen and oxygen atoms in total. The molecular weight excluding hydrogens is 339 g/mol. The van der Waals surface area contributed by atoms with Gasteiger partial charge in [-0.05, 0) is 60.7 Å². The molecule has 3 rings (SSSR count). The highest BCUT2D eigenvalue weighted by Gasteiger charge is 2.06. The van der Waals surface area contributed by atoms with E-state index in [1.54, 1.807) is 23.9 Å². The molecule has 0 bridgehead atoms. The monoisotopic (exact) mass is 354 g/mol. The van der Waals surface area contributed by atoms with Gasteiger partial charge in [0, 0.05) is 15.5 Å². The summed E-state index contributed by atoms with van der Waals surface area (Å²) >= 11 is 7.01. The predicted molar refractivity (Wildman–Crippen MR) is 103 cm³/mol. The van der Waals surface area contributed by atoms with Crippen LogP contribution in [-0.2, 0) is 0 Å². The highest BCUT2D eigenvalue weighted by atomic mass is 32.2. The minimum Gasteiger partial charge on any atom is -0.332 e. The Kier molecular flexibility index (Phi) is 5.46. The van der Waals surface area contributed by atoms with E-state index in [9.17, 15) is 4.39 Å². The number of hydrogen-bond donors (Lipinski definition) is 2. The van der Waals surface area contributed by atoms with E-state index in [2.05, 4.69) is 22.8 Å². The third kappa shape index (κ3) is 4.57. The van der Waals surface area contributed by atoms with Crippen LogP contribution < -0.4 is 10.6 Å². The maximum atomic E-state index is 13.0. The Bertz CT molecular complexity index is 820. The summed E-state index contributed by atoms with van der Waals surface area (Å²) in [5, 5.41) is 6.71. The molecule has 0 saturated carbocycles. The maximum Gasteiger partial charge on any atom is 0.175 e. The van der Waals surface area contributed by atoms with Gasteiger partial charge in [0.1, 0.15) is 5.82 Å². The van der Waals surface area contributed by atoms with E-state index < -0.39 is 0 Å². The smallest absolute Gasteiger partial charge is 0.175 e. The Morgan fingerprint density at radius 2 is 1.46 bits per heavy atom. The Labute approximate surface area is 150 Å². The van der Waals surface area contributed by atoms with Crippen LogP contribution >= 0.6 is 24.0 Å². The molecule has 0 aliphatic heterocycles. The summed E-state index contributed by atoms with van der Waals surface area (Å²) in [5.41, 5.74) is 1.66. The van der Waals surface area contributed by atoms with Crippen molar-refractivity contribution >= 4 is 40.5 Å². The highest BCUT2D eigenvalue weighted by molar-refractivity contribution is 7.99. The first-order chi connectivity index (χ1) is 11.7. The van der Waals surface area contributed by atoms with Crippen molar-refractivity contribution in [3.8, 4) is 0 Å². The van der Waals surface area contributed by atoms with Crippen molar-refractivity contribution in [1.29, 1.82) is 0 Å². The van der Waals surface area contributed by atoms with E-state index in [1.807, 2.05) is 42.5 Å². The van der Waals surface area contributed by atoms with Crippen LogP contribution in [0.25, 0.3) is 0 Å². The number of thiocarbonyl (C=S) groups is 1. The van der Waals surface area contributed by atoms with Crippen molar-refractivity contribution < 1.29 is 4.39 Å². The average molecular weight is 354 g/mol. The van der Waals surface area contributed by atoms with Gasteiger partial charge in [-0.2, -0.15) is 0 Å². The molecule has 0 spiro atoms. The summed E-state index contributed by atoms with van der Waals surface area (Å²) in [5.74, 6) is -0.274. The summed E-state index contributed by atoms with van der Waals surface area (Å²) < 4.78 is 13.0. The van der Waals surface area contributed by atoms with Crippen LogP contribution in [0.4, 0.5) is 15.8 Å². The van der Waals surface area contributed by atoms with E-state index in [0.717, 1.165) is 21.2 Å². The van der Waals surface area contributed by atoms with Gasteiger partial charge in [0.05, 0.1) is 5.69 Å². The third-order valence-electron chi connectivity index (χ3n) is 3.21. The number of halogens is 1. The van der Waals surface area contributed by atoms with Gasteiger partial charge < -0.3 is 10.6 Å². The lowest BCUT2D eigenvalue weighted by atomic mass is 10.3. The first-order valence-electron chi connectivity index (χ1n) is 7.36. The minimum atomic E-state index is -0.274. The van der Waals surface area contributed by atoms with Crippen molar-refractivity contribution in [1.82, 2.24) is 0 Å². The molecule has 3 aromatic rings. The first kappa shape index (κ1) is 16.5. The molecule has 3 aromatic carbocycles. The fourth-order valence-electron chi connectivity index (χ4n) is 2.09. The number of rotatable bonds is 4. The van der Waals surface area contributed by atoms with Gasteiger partial charge in [-0.1, -0.05) is 42.1 Å². The van der Waals surface area contributed by atoms with E-state index in [0.29, 0.717) is 5.11 Å². The van der Waals surface area contributed by atoms with Gasteiger partial charge in [0.25, 0.3) is 0 Å². The van der Waals surface area contributed by atoms with E-state index in [4.69, 9.17) is 12.2 Å². The van der Waals surface area contributed by atoms with Gasteiger partial charge in [-0.15, -0.1) is 0 Å². The molecule has 24 heavy (non-hydrogen) atoms. The zero-order valence-corrected chi connectivity index (χ0v) is 14.3. The van der Waals surface area contributed by atoms with E-state index >= 15 is 0 Å². The molecule has 0 fully saturated rings. The topological polar surface area (TPSA) is 24.1 Å². The summed E-state index contributed by atoms with van der Waals surface area (Å²) in [6.45, 7) is 0. The minimum absolute atomic E-state index is 0.274. The standard InChI is InChI=1S/C19H15FN2S2/c20-14-10-12-15(13-11-14)21-19(23)22-17-8-4-5-9-18(17)24-16-6-2-1-3-7-16/h1-13H,(H2,21,22,23). The lowest BCUT2D eigenvalue weighted by Gasteiger charge is -2.14. The van der Waals surface area contributed by atoms with Crippen LogP contribution in [0.1, 0.15) is 0 Å². The third-order valence-corrected chi connectivity index (χ3v) is 4.50. The van der Waals surface area contributed by atoms with Crippen molar-refractivity contribution in [3.63, 3.8) is 0 Å². The molecule has 0 aliphatic rings. The summed E-state index contributed by atoms with van der Waals surface area (Å²) in [6.07, 6.45) is 0. The zero-order chi connectivity index (χ0) is 16.8. The second kappa shape index (κ2) is 7.95. The van der Waals surface area contributed by atoms with Gasteiger partial charge in [0.15, 0.2) is 5.11 Å². The van der Waals surface area contributed by atoms with Crippen molar-refractivity contribution in [3.05, 3.63) is 84.7 Å². The molecule has 0 atom stereocenters. The Morgan fingerprint density at radius 1 is 0.792 bits per heavy atom. The highest BCUT2D eigenvalue weighted by Crippen LogP contribution is 2.33. The second-order valence-corrected chi connectivity index (χ2v) is 6.52. The Morgan fingerprint density at radius 3 is 2.21 bits per heavy atom. The van der Waals surface area contributed by atoms with Gasteiger partial charge in [-0.3, -0.25) is 0 Å². The van der Waals surface area contributed by atoms with Crippen LogP contribution in [0, 0.1) is 5.82 Å². The quantitative estimate of drug-likeness (QED) is 0.580. The van der Waals surface area contributed by atoms with E-state index in [1.165, 1.54) is 12.1 Å². The summed E-state index contributed by atoms with van der Waals surface area (Å²) in [4.78, 5) is 2.23. The lowest BCUT2D eigenvalue weighted by molar-refractivity contribution is 0.628. The normalized spacial score (nSPS) is 10.2. The number of benzene rings is 3. The number of nitrogens with one attached hydrogen (secondary N) is 2. The number of anilines is 2. The molecule has 2 N–H and O–H groups in total. The fraction of sp³-hybridized carbons (Fsp3) is 0. The van der Waals surface area contributed by atoms with Crippen LogP contribution in [0.3, 0.4) is 0 Å². The maximum absolute atomic E-state index is 13.0. The molecule has 5 heteroatoms. The van der Waals surface area contributed by atoms with Gasteiger partial charge in [-0.25, -0.2) is 4.39 Å². The molecular formula is C19H15FN2S2. The zero-order valence-electron chi connectivity index (χ0n) is 12.7. The molecule has 0 unspecified atom stereocenters. The molecule has 0 saturated heterocycles. The second-order valence-electron chi connectivity index (χ2n) is 5.00. The van der Waals surface area contributed by atoms with Crippen molar-refractivity contribution in [2.75, 3.05) is 10.6 Å². The molecule has 0 heterocycles. The van der Waals surface area contributed by atoms with Crippen LogP contribution in [0.2, 0.25) is 0 Å². The SMILES string of the molecule is Fc1ccc(NC(=S)Nc2ccccc2Sc2ccccc2)cc1. The number of para-hydroxylation sites is 1. The fourth-order valence-corrected chi connectivity index (χ4v) is 3.24. The van der Waals surface area contributed by atoms with Gasteiger partial charge in [0.2, 0.25) is 0 Å². The van der Waals surface area contributed by atoms with Crippen molar-refractivity contribution in [2.45, 2.75) is 9.79 Å². The van der Waals surface area contributed by atoms with Gasteiger partial charge >= 0.3 is 0 Å². The molecule has 0 amide bonds. The molecule has 0 aliphatic carbocycles. The number of hydrogen-bond acceptors (Lipinski definition) is 2. The van der Waals surface area contributed by atoms with Crippen LogP contribution in [-0.4, -0.2) is 5.11 Å². The summed E-state index contributed by atoms with van der Waals surface area (Å²) in [7, 11) is 0. The molecule has 0 aromatic heterocycles. The Balaban J connectivity index is 1.70. The van der Waals surface area contributed by atoms with E-state index in [-0.39, 0.29) is 5.82 Å². The largest absolute Gasteiger partial charge is 0.332 e. The summed E-state index contributed by atoms with van der Waals surface area (Å²) in [6, 6.07) is 24.2.